The number of benzene rings is 3. The van der Waals surface area contributed by atoms with Gasteiger partial charge in [-0.2, -0.15) is 0 Å². The zero-order valence-electron chi connectivity index (χ0n) is 23.2. The summed E-state index contributed by atoms with van der Waals surface area (Å²) in [6.45, 7) is 6.08. The summed E-state index contributed by atoms with van der Waals surface area (Å²) in [6, 6.07) is 22.1. The number of fused-ring (bicyclic) bond motifs is 2. The molecule has 0 fully saturated rings. The van der Waals surface area contributed by atoms with Crippen molar-refractivity contribution in [2.24, 2.45) is 0 Å². The average Bonchev–Trinajstić information content (AvgIpc) is 3.48. The fraction of sp³-hybridized carbons (Fsp3) is 0.353. The zero-order valence-corrected chi connectivity index (χ0v) is 29.2. The van der Waals surface area contributed by atoms with E-state index in [1.165, 1.54) is 86.7 Å². The third-order valence-electron chi connectivity index (χ3n) is 7.14. The highest BCUT2D eigenvalue weighted by molar-refractivity contribution is 14.1. The second-order valence-electron chi connectivity index (χ2n) is 10.2. The molecular formula is C34H36I2O2S2. The first-order valence-corrected chi connectivity index (χ1v) is 18.2. The molecule has 5 aromatic rings. The van der Waals surface area contributed by atoms with E-state index in [9.17, 15) is 0 Å². The SMILES string of the molecule is CCCCCCOc1ccc(-c2sc3cc4c(I)c(-c5ccc(OCCCCCC)cc5)sc4cc3c2I)cc1. The van der Waals surface area contributed by atoms with Crippen LogP contribution in [-0.2, 0) is 0 Å². The van der Waals surface area contributed by atoms with Crippen LogP contribution in [0.5, 0.6) is 11.5 Å². The number of thiophene rings is 2. The van der Waals surface area contributed by atoms with Gasteiger partial charge >= 0.3 is 0 Å². The summed E-state index contributed by atoms with van der Waals surface area (Å²) >= 11 is 8.84. The van der Waals surface area contributed by atoms with E-state index in [0.717, 1.165) is 37.6 Å². The van der Waals surface area contributed by atoms with Crippen LogP contribution in [0, 0.1) is 7.14 Å². The van der Waals surface area contributed by atoms with E-state index in [0.29, 0.717) is 0 Å². The first-order chi connectivity index (χ1) is 19.6. The van der Waals surface area contributed by atoms with E-state index in [2.05, 4.69) is 120 Å². The normalized spacial score (nSPS) is 11.5. The van der Waals surface area contributed by atoms with Gasteiger partial charge in [0.15, 0.2) is 0 Å². The summed E-state index contributed by atoms with van der Waals surface area (Å²) < 4.78 is 17.3. The molecule has 0 aliphatic rings. The molecule has 0 bridgehead atoms. The molecule has 0 aliphatic carbocycles. The van der Waals surface area contributed by atoms with Gasteiger partial charge in [0, 0.05) is 37.1 Å². The van der Waals surface area contributed by atoms with Gasteiger partial charge in [-0.3, -0.25) is 0 Å². The van der Waals surface area contributed by atoms with E-state index in [4.69, 9.17) is 9.47 Å². The van der Waals surface area contributed by atoms with E-state index in [-0.39, 0.29) is 0 Å². The highest BCUT2D eigenvalue weighted by Gasteiger charge is 2.17. The molecule has 0 aliphatic heterocycles. The predicted molar refractivity (Wildman–Crippen MR) is 193 cm³/mol. The Kier molecular flexibility index (Phi) is 11.1. The van der Waals surface area contributed by atoms with Gasteiger partial charge in [-0.25, -0.2) is 0 Å². The van der Waals surface area contributed by atoms with Crippen LogP contribution in [0.15, 0.2) is 60.7 Å². The van der Waals surface area contributed by atoms with Gasteiger partial charge < -0.3 is 9.47 Å². The summed E-state index contributed by atoms with van der Waals surface area (Å²) in [5, 5.41) is 2.70. The van der Waals surface area contributed by atoms with Crippen molar-refractivity contribution in [3.05, 3.63) is 67.8 Å². The van der Waals surface area contributed by atoms with Gasteiger partial charge in [0.25, 0.3) is 0 Å². The van der Waals surface area contributed by atoms with Crippen molar-refractivity contribution in [2.75, 3.05) is 13.2 Å². The van der Waals surface area contributed by atoms with Crippen LogP contribution in [-0.4, -0.2) is 13.2 Å². The Morgan fingerprint density at radius 3 is 1.32 bits per heavy atom. The van der Waals surface area contributed by atoms with E-state index in [1.807, 2.05) is 22.7 Å². The van der Waals surface area contributed by atoms with Gasteiger partial charge in [0.1, 0.15) is 11.5 Å². The first kappa shape index (κ1) is 30.1. The van der Waals surface area contributed by atoms with E-state index >= 15 is 0 Å². The van der Waals surface area contributed by atoms with Crippen LogP contribution in [0.2, 0.25) is 0 Å². The Morgan fingerprint density at radius 2 is 0.950 bits per heavy atom. The second-order valence-corrected chi connectivity index (χ2v) is 14.5. The van der Waals surface area contributed by atoms with Crippen molar-refractivity contribution in [3.8, 4) is 32.4 Å². The van der Waals surface area contributed by atoms with Gasteiger partial charge in [0.05, 0.1) is 13.2 Å². The second kappa shape index (κ2) is 14.7. The first-order valence-electron chi connectivity index (χ1n) is 14.4. The topological polar surface area (TPSA) is 18.5 Å². The molecule has 3 aromatic carbocycles. The fourth-order valence-electron chi connectivity index (χ4n) is 4.84. The van der Waals surface area contributed by atoms with Crippen LogP contribution in [0.3, 0.4) is 0 Å². The Hall–Kier alpha value is -1.36. The minimum atomic E-state index is 0.800. The van der Waals surface area contributed by atoms with Crippen LogP contribution in [0.4, 0.5) is 0 Å². The fourth-order valence-corrected chi connectivity index (χ4v) is 9.62. The quantitative estimate of drug-likeness (QED) is 0.0823. The Labute approximate surface area is 273 Å². The highest BCUT2D eigenvalue weighted by Crippen LogP contribution is 2.46. The molecule has 0 amide bonds. The molecule has 0 saturated heterocycles. The lowest BCUT2D eigenvalue weighted by atomic mass is 10.1. The van der Waals surface area contributed by atoms with Gasteiger partial charge in [0.2, 0.25) is 0 Å². The molecule has 0 saturated carbocycles. The third kappa shape index (κ3) is 7.16. The van der Waals surface area contributed by atoms with Crippen molar-refractivity contribution >= 4 is 88.0 Å². The smallest absolute Gasteiger partial charge is 0.119 e. The third-order valence-corrected chi connectivity index (χ3v) is 12.5. The van der Waals surface area contributed by atoms with Gasteiger partial charge in [-0.05, 0) is 130 Å². The summed E-state index contributed by atoms with van der Waals surface area (Å²) in [5.74, 6) is 1.93. The van der Waals surface area contributed by atoms with Crippen LogP contribution < -0.4 is 9.47 Å². The average molecular weight is 795 g/mol. The van der Waals surface area contributed by atoms with Gasteiger partial charge in [-0.15, -0.1) is 22.7 Å². The molecular weight excluding hydrogens is 758 g/mol. The Balaban J connectivity index is 1.32. The lowest BCUT2D eigenvalue weighted by molar-refractivity contribution is 0.305. The number of rotatable bonds is 14. The Bertz CT molecular complexity index is 1420. The van der Waals surface area contributed by atoms with Crippen molar-refractivity contribution in [1.82, 2.24) is 0 Å². The number of hydrogen-bond acceptors (Lipinski definition) is 4. The summed E-state index contributed by atoms with van der Waals surface area (Å²) in [7, 11) is 0. The lowest BCUT2D eigenvalue weighted by Crippen LogP contribution is -1.96. The van der Waals surface area contributed by atoms with Crippen molar-refractivity contribution < 1.29 is 9.47 Å². The monoisotopic (exact) mass is 794 g/mol. The zero-order chi connectivity index (χ0) is 27.9. The number of ether oxygens (including phenoxy) is 2. The Morgan fingerprint density at radius 1 is 0.550 bits per heavy atom. The summed E-state index contributed by atoms with van der Waals surface area (Å²) in [5.41, 5.74) is 2.52. The minimum absolute atomic E-state index is 0.800. The maximum Gasteiger partial charge on any atom is 0.119 e. The molecule has 2 aromatic heterocycles. The van der Waals surface area contributed by atoms with Crippen LogP contribution >= 0.6 is 67.9 Å². The van der Waals surface area contributed by atoms with Crippen molar-refractivity contribution in [2.45, 2.75) is 65.2 Å². The number of unbranched alkanes of at least 4 members (excludes halogenated alkanes) is 6. The summed E-state index contributed by atoms with van der Waals surface area (Å²) in [6.07, 6.45) is 9.81. The maximum atomic E-state index is 5.97. The van der Waals surface area contributed by atoms with Crippen LogP contribution in [0.25, 0.3) is 41.1 Å². The molecule has 6 heteroatoms. The van der Waals surface area contributed by atoms with Crippen molar-refractivity contribution in [1.29, 1.82) is 0 Å². The van der Waals surface area contributed by atoms with Crippen LogP contribution in [0.1, 0.15) is 65.2 Å². The van der Waals surface area contributed by atoms with Crippen molar-refractivity contribution in [3.63, 3.8) is 0 Å². The molecule has 210 valence electrons. The molecule has 2 heterocycles. The standard InChI is InChI=1S/C34H36I2O2S2/c1-3-5-7-9-19-37-25-15-11-23(12-16-25)33-31(35)27-21-30-28(22-29(27)39-33)32(36)34(40-30)24-13-17-26(18-14-24)38-20-10-8-6-4-2/h11-18,21-22H,3-10,19-20H2,1-2H3. The van der Waals surface area contributed by atoms with E-state index in [1.54, 1.807) is 0 Å². The molecule has 0 atom stereocenters. The number of hydrogen-bond donors (Lipinski definition) is 0. The largest absolute Gasteiger partial charge is 0.494 e. The molecule has 40 heavy (non-hydrogen) atoms. The summed E-state index contributed by atoms with van der Waals surface area (Å²) in [4.78, 5) is 2.67. The minimum Gasteiger partial charge on any atom is -0.494 e. The van der Waals surface area contributed by atoms with Gasteiger partial charge in [-0.1, -0.05) is 52.4 Å². The highest BCUT2D eigenvalue weighted by atomic mass is 127. The molecule has 0 N–H and O–H groups in total. The number of halogens is 2. The molecule has 0 unspecified atom stereocenters. The maximum absolute atomic E-state index is 5.97. The molecule has 2 nitrogen and oxygen atoms in total. The molecule has 0 spiro atoms. The molecule has 5 rings (SSSR count). The predicted octanol–water partition coefficient (Wildman–Crippen LogP) is 12.6. The molecule has 0 radical (unpaired) electrons. The lowest BCUT2D eigenvalue weighted by Gasteiger charge is -2.07. The van der Waals surface area contributed by atoms with E-state index < -0.39 is 0 Å².